The second kappa shape index (κ2) is 10.2. The minimum Gasteiger partial charge on any atom is -0.489 e. The standard InChI is InChI=1S/C21H26N2O3.ClH/c1-16-12-22-13-17(2)23(16)21(24)26-15-19-9-6-10-20(11-19)25-14-18-7-4-3-5-8-18;/h3-11,16-17,22H,12-15H2,1-2H3;1H/t16-,17+;. The van der Waals surface area contributed by atoms with Crippen LogP contribution >= 0.6 is 12.4 Å². The number of carbonyl (C=O) groups is 1. The zero-order valence-corrected chi connectivity index (χ0v) is 16.6. The second-order valence-corrected chi connectivity index (χ2v) is 6.74. The van der Waals surface area contributed by atoms with Gasteiger partial charge in [0.05, 0.1) is 0 Å². The molecule has 2 atom stereocenters. The second-order valence-electron chi connectivity index (χ2n) is 6.74. The summed E-state index contributed by atoms with van der Waals surface area (Å²) in [6, 6.07) is 18.0. The van der Waals surface area contributed by atoms with E-state index in [1.165, 1.54) is 0 Å². The van der Waals surface area contributed by atoms with Crippen molar-refractivity contribution in [2.24, 2.45) is 0 Å². The van der Waals surface area contributed by atoms with Gasteiger partial charge in [0.2, 0.25) is 0 Å². The van der Waals surface area contributed by atoms with Gasteiger partial charge in [0.15, 0.2) is 0 Å². The van der Waals surface area contributed by atoms with Gasteiger partial charge in [-0.2, -0.15) is 0 Å². The Morgan fingerprint density at radius 3 is 2.37 bits per heavy atom. The van der Waals surface area contributed by atoms with E-state index in [1.807, 2.05) is 73.3 Å². The number of amides is 1. The number of nitrogens with zero attached hydrogens (tertiary/aromatic N) is 1. The third kappa shape index (κ3) is 5.88. The molecule has 2 aromatic carbocycles. The topological polar surface area (TPSA) is 50.8 Å². The molecule has 2 aromatic rings. The van der Waals surface area contributed by atoms with Gasteiger partial charge >= 0.3 is 6.09 Å². The molecule has 1 saturated heterocycles. The summed E-state index contributed by atoms with van der Waals surface area (Å²) in [6.07, 6.45) is -0.262. The number of hydrogen-bond acceptors (Lipinski definition) is 4. The predicted octanol–water partition coefficient (Wildman–Crippen LogP) is 4.01. The van der Waals surface area contributed by atoms with Crippen LogP contribution in [-0.2, 0) is 18.0 Å². The number of rotatable bonds is 5. The Morgan fingerprint density at radius 1 is 1.00 bits per heavy atom. The van der Waals surface area contributed by atoms with Crippen molar-refractivity contribution in [1.82, 2.24) is 10.2 Å². The highest BCUT2D eigenvalue weighted by Gasteiger charge is 2.29. The van der Waals surface area contributed by atoms with E-state index >= 15 is 0 Å². The summed E-state index contributed by atoms with van der Waals surface area (Å²) in [4.78, 5) is 14.2. The summed E-state index contributed by atoms with van der Waals surface area (Å²) in [5, 5.41) is 3.31. The molecule has 27 heavy (non-hydrogen) atoms. The lowest BCUT2D eigenvalue weighted by atomic mass is 10.1. The van der Waals surface area contributed by atoms with Crippen LogP contribution in [0, 0.1) is 0 Å². The van der Waals surface area contributed by atoms with E-state index in [1.54, 1.807) is 0 Å². The lowest BCUT2D eigenvalue weighted by molar-refractivity contribution is 0.0563. The molecule has 1 N–H and O–H groups in total. The molecule has 1 aliphatic heterocycles. The number of hydrogen-bond donors (Lipinski definition) is 1. The van der Waals surface area contributed by atoms with Gasteiger partial charge in [-0.1, -0.05) is 42.5 Å². The minimum absolute atomic E-state index is 0. The fraction of sp³-hybridized carbons (Fsp3) is 0.381. The van der Waals surface area contributed by atoms with Gasteiger partial charge in [0, 0.05) is 25.2 Å². The fourth-order valence-electron chi connectivity index (χ4n) is 3.18. The molecule has 0 saturated carbocycles. The van der Waals surface area contributed by atoms with Crippen molar-refractivity contribution >= 4 is 18.5 Å². The highest BCUT2D eigenvalue weighted by Crippen LogP contribution is 2.17. The average Bonchev–Trinajstić information content (AvgIpc) is 2.66. The van der Waals surface area contributed by atoms with E-state index in [4.69, 9.17) is 9.47 Å². The summed E-state index contributed by atoms with van der Waals surface area (Å²) in [7, 11) is 0. The van der Waals surface area contributed by atoms with Crippen molar-refractivity contribution in [3.8, 4) is 5.75 Å². The maximum atomic E-state index is 12.4. The van der Waals surface area contributed by atoms with Crippen LogP contribution in [0.3, 0.4) is 0 Å². The van der Waals surface area contributed by atoms with Crippen LogP contribution in [0.25, 0.3) is 0 Å². The Bertz CT molecular complexity index is 716. The smallest absolute Gasteiger partial charge is 0.410 e. The predicted molar refractivity (Wildman–Crippen MR) is 108 cm³/mol. The summed E-state index contributed by atoms with van der Waals surface area (Å²) in [5.74, 6) is 0.770. The molecule has 0 radical (unpaired) electrons. The quantitative estimate of drug-likeness (QED) is 0.838. The number of piperazine rings is 1. The molecular weight excluding hydrogens is 364 g/mol. The van der Waals surface area contributed by atoms with Crippen molar-refractivity contribution in [1.29, 1.82) is 0 Å². The summed E-state index contributed by atoms with van der Waals surface area (Å²) >= 11 is 0. The van der Waals surface area contributed by atoms with E-state index in [0.29, 0.717) is 6.61 Å². The Hall–Kier alpha value is -2.24. The molecule has 3 rings (SSSR count). The number of benzene rings is 2. The first-order chi connectivity index (χ1) is 12.6. The summed E-state index contributed by atoms with van der Waals surface area (Å²) < 4.78 is 11.4. The normalized spacial score (nSPS) is 19.1. The molecule has 0 bridgehead atoms. The molecule has 0 aromatic heterocycles. The molecule has 1 fully saturated rings. The summed E-state index contributed by atoms with van der Waals surface area (Å²) in [6.45, 7) is 6.40. The minimum atomic E-state index is -0.262. The number of carbonyl (C=O) groups excluding carboxylic acids is 1. The molecule has 6 heteroatoms. The van der Waals surface area contributed by atoms with Crippen molar-refractivity contribution in [3.05, 3.63) is 65.7 Å². The van der Waals surface area contributed by atoms with Crippen LogP contribution < -0.4 is 10.1 Å². The van der Waals surface area contributed by atoms with Crippen LogP contribution in [0.2, 0.25) is 0 Å². The van der Waals surface area contributed by atoms with Crippen LogP contribution in [-0.4, -0.2) is 36.2 Å². The van der Waals surface area contributed by atoms with Crippen molar-refractivity contribution in [3.63, 3.8) is 0 Å². The Morgan fingerprint density at radius 2 is 1.67 bits per heavy atom. The molecule has 0 aliphatic carbocycles. The molecule has 146 valence electrons. The highest BCUT2D eigenvalue weighted by atomic mass is 35.5. The van der Waals surface area contributed by atoms with Gasteiger partial charge < -0.3 is 19.7 Å². The van der Waals surface area contributed by atoms with Crippen molar-refractivity contribution in [2.75, 3.05) is 13.1 Å². The van der Waals surface area contributed by atoms with Gasteiger partial charge in [-0.25, -0.2) is 4.79 Å². The SMILES string of the molecule is C[C@@H]1CNC[C@H](C)N1C(=O)OCc1cccc(OCc2ccccc2)c1.Cl. The van der Waals surface area contributed by atoms with Crippen LogP contribution in [0.4, 0.5) is 4.79 Å². The Kier molecular flexibility index (Phi) is 7.95. The van der Waals surface area contributed by atoms with E-state index in [9.17, 15) is 4.79 Å². The lowest BCUT2D eigenvalue weighted by Gasteiger charge is -2.38. The van der Waals surface area contributed by atoms with Gasteiger partial charge in [-0.15, -0.1) is 12.4 Å². The fourth-order valence-corrected chi connectivity index (χ4v) is 3.18. The monoisotopic (exact) mass is 390 g/mol. The molecule has 1 amide bonds. The molecule has 0 unspecified atom stereocenters. The Labute approximate surface area is 167 Å². The summed E-state index contributed by atoms with van der Waals surface area (Å²) in [5.41, 5.74) is 2.03. The number of ether oxygens (including phenoxy) is 2. The first-order valence-corrected chi connectivity index (χ1v) is 9.05. The first-order valence-electron chi connectivity index (χ1n) is 9.05. The largest absolute Gasteiger partial charge is 0.489 e. The molecule has 5 nitrogen and oxygen atoms in total. The van der Waals surface area contributed by atoms with Gasteiger partial charge in [-0.3, -0.25) is 0 Å². The van der Waals surface area contributed by atoms with Crippen LogP contribution in [0.5, 0.6) is 5.75 Å². The molecular formula is C21H27ClN2O3. The highest BCUT2D eigenvalue weighted by molar-refractivity contribution is 5.85. The van der Waals surface area contributed by atoms with E-state index in [0.717, 1.165) is 30.0 Å². The van der Waals surface area contributed by atoms with Crippen molar-refractivity contribution in [2.45, 2.75) is 39.1 Å². The molecule has 0 spiro atoms. The van der Waals surface area contributed by atoms with Crippen molar-refractivity contribution < 1.29 is 14.3 Å². The van der Waals surface area contributed by atoms with Crippen LogP contribution in [0.15, 0.2) is 54.6 Å². The van der Waals surface area contributed by atoms with E-state index < -0.39 is 0 Å². The van der Waals surface area contributed by atoms with Crippen LogP contribution in [0.1, 0.15) is 25.0 Å². The average molecular weight is 391 g/mol. The zero-order chi connectivity index (χ0) is 18.4. The van der Waals surface area contributed by atoms with Gasteiger partial charge in [-0.05, 0) is 37.1 Å². The number of nitrogens with one attached hydrogen (secondary N) is 1. The molecule has 1 aliphatic rings. The van der Waals surface area contributed by atoms with Gasteiger partial charge in [0.25, 0.3) is 0 Å². The third-order valence-corrected chi connectivity index (χ3v) is 4.55. The van der Waals surface area contributed by atoms with Gasteiger partial charge in [0.1, 0.15) is 19.0 Å². The maximum Gasteiger partial charge on any atom is 0.410 e. The van der Waals surface area contributed by atoms with E-state index in [-0.39, 0.29) is 37.2 Å². The third-order valence-electron chi connectivity index (χ3n) is 4.55. The number of halogens is 1. The Balaban J connectivity index is 0.00000261. The van der Waals surface area contributed by atoms with E-state index in [2.05, 4.69) is 5.32 Å². The lowest BCUT2D eigenvalue weighted by Crippen LogP contribution is -2.57. The first kappa shape index (κ1) is 21.1. The molecule has 1 heterocycles. The maximum absolute atomic E-state index is 12.4. The zero-order valence-electron chi connectivity index (χ0n) is 15.8.